The van der Waals surface area contributed by atoms with Crippen molar-refractivity contribution in [2.75, 3.05) is 59.0 Å². The van der Waals surface area contributed by atoms with Crippen molar-refractivity contribution in [2.45, 2.75) is 129 Å². The lowest BCUT2D eigenvalue weighted by atomic mass is 10.1. The van der Waals surface area contributed by atoms with Gasteiger partial charge >= 0.3 is 0 Å². The van der Waals surface area contributed by atoms with Gasteiger partial charge in [-0.1, -0.05) is 117 Å². The van der Waals surface area contributed by atoms with E-state index in [0.29, 0.717) is 0 Å². The van der Waals surface area contributed by atoms with E-state index in [9.17, 15) is 0 Å². The van der Waals surface area contributed by atoms with Crippen LogP contribution in [0.4, 0.5) is 0 Å². The number of rotatable bonds is 25. The van der Waals surface area contributed by atoms with Crippen LogP contribution in [0.3, 0.4) is 0 Å². The number of piperazine rings is 1. The SMILES string of the molecule is CCCCCCCCCCCCN(CCN1CCNCC1)CNCCCCCCCCCC. The molecule has 4 nitrogen and oxygen atoms in total. The topological polar surface area (TPSA) is 30.5 Å². The van der Waals surface area contributed by atoms with E-state index in [4.69, 9.17) is 0 Å². The van der Waals surface area contributed by atoms with E-state index < -0.39 is 0 Å². The molecule has 0 saturated carbocycles. The minimum absolute atomic E-state index is 1.08. The summed E-state index contributed by atoms with van der Waals surface area (Å²) in [7, 11) is 0. The van der Waals surface area contributed by atoms with Crippen molar-refractivity contribution in [1.82, 2.24) is 20.4 Å². The maximum absolute atomic E-state index is 3.77. The van der Waals surface area contributed by atoms with Crippen LogP contribution in [-0.2, 0) is 0 Å². The van der Waals surface area contributed by atoms with E-state index in [1.165, 1.54) is 155 Å². The van der Waals surface area contributed by atoms with Gasteiger partial charge in [0.25, 0.3) is 0 Å². The Labute approximate surface area is 209 Å². The maximum Gasteiger partial charge on any atom is 0.0480 e. The Morgan fingerprint density at radius 3 is 1.64 bits per heavy atom. The van der Waals surface area contributed by atoms with E-state index in [2.05, 4.69) is 34.3 Å². The Hall–Kier alpha value is -0.160. The van der Waals surface area contributed by atoms with Gasteiger partial charge in [0.05, 0.1) is 0 Å². The van der Waals surface area contributed by atoms with Gasteiger partial charge in [-0.2, -0.15) is 0 Å². The predicted octanol–water partition coefficient (Wildman–Crippen LogP) is 6.80. The second kappa shape index (κ2) is 24.9. The van der Waals surface area contributed by atoms with Crippen LogP contribution >= 0.6 is 0 Å². The number of nitrogens with zero attached hydrogens (tertiary/aromatic N) is 2. The highest BCUT2D eigenvalue weighted by atomic mass is 15.3. The van der Waals surface area contributed by atoms with E-state index in [1.807, 2.05) is 0 Å². The summed E-state index contributed by atoms with van der Waals surface area (Å²) in [5.41, 5.74) is 0. The minimum atomic E-state index is 1.08. The lowest BCUT2D eigenvalue weighted by molar-refractivity contribution is 0.179. The van der Waals surface area contributed by atoms with Crippen molar-refractivity contribution in [3.63, 3.8) is 0 Å². The zero-order chi connectivity index (χ0) is 23.7. The monoisotopic (exact) mass is 466 g/mol. The molecule has 198 valence electrons. The first-order chi connectivity index (χ1) is 16.4. The largest absolute Gasteiger partial charge is 0.314 e. The average Bonchev–Trinajstić information content (AvgIpc) is 2.85. The van der Waals surface area contributed by atoms with Crippen molar-refractivity contribution in [1.29, 1.82) is 0 Å². The van der Waals surface area contributed by atoms with Gasteiger partial charge in [0.15, 0.2) is 0 Å². The molecule has 4 heteroatoms. The lowest BCUT2D eigenvalue weighted by Gasteiger charge is -2.30. The molecule has 1 saturated heterocycles. The van der Waals surface area contributed by atoms with Crippen molar-refractivity contribution in [2.24, 2.45) is 0 Å². The highest BCUT2D eigenvalue weighted by molar-refractivity contribution is 4.69. The summed E-state index contributed by atoms with van der Waals surface area (Å²) in [6.45, 7) is 15.4. The van der Waals surface area contributed by atoms with Gasteiger partial charge in [-0.15, -0.1) is 0 Å². The molecule has 1 aliphatic heterocycles. The average molecular weight is 467 g/mol. The molecule has 1 fully saturated rings. The van der Waals surface area contributed by atoms with Crippen LogP contribution in [0.25, 0.3) is 0 Å². The molecular weight excluding hydrogens is 404 g/mol. The second-order valence-electron chi connectivity index (χ2n) is 10.5. The standard InChI is InChI=1S/C29H62N4/c1-3-5-7-9-11-13-14-16-18-20-24-33(28-27-32-25-22-30-23-26-32)29-31-21-19-17-15-12-10-8-6-4-2/h30-31H,3-29H2,1-2H3. The Kier molecular flexibility index (Phi) is 23.3. The first kappa shape index (κ1) is 30.9. The van der Waals surface area contributed by atoms with Gasteiger partial charge in [0.2, 0.25) is 0 Å². The molecule has 0 unspecified atom stereocenters. The van der Waals surface area contributed by atoms with Crippen LogP contribution in [0.1, 0.15) is 129 Å². The van der Waals surface area contributed by atoms with Gasteiger partial charge < -0.3 is 10.6 Å². The molecule has 0 aromatic carbocycles. The molecule has 0 spiro atoms. The van der Waals surface area contributed by atoms with E-state index in [-0.39, 0.29) is 0 Å². The summed E-state index contributed by atoms with van der Waals surface area (Å²) in [5, 5.41) is 7.25. The Morgan fingerprint density at radius 2 is 1.09 bits per heavy atom. The molecule has 33 heavy (non-hydrogen) atoms. The van der Waals surface area contributed by atoms with Gasteiger partial charge in [-0.3, -0.25) is 9.80 Å². The highest BCUT2D eigenvalue weighted by Crippen LogP contribution is 2.11. The predicted molar refractivity (Wildman–Crippen MR) is 148 cm³/mol. The Bertz CT molecular complexity index is 347. The zero-order valence-electron chi connectivity index (χ0n) is 23.0. The van der Waals surface area contributed by atoms with Crippen LogP contribution in [0, 0.1) is 0 Å². The van der Waals surface area contributed by atoms with Gasteiger partial charge in [-0.05, 0) is 25.9 Å². The summed E-state index contributed by atoms with van der Waals surface area (Å²) in [4.78, 5) is 5.33. The summed E-state index contributed by atoms with van der Waals surface area (Å²) in [6, 6.07) is 0. The van der Waals surface area contributed by atoms with E-state index in [1.54, 1.807) is 0 Å². The molecule has 2 N–H and O–H groups in total. The molecule has 0 radical (unpaired) electrons. The Balaban J connectivity index is 2.08. The first-order valence-corrected chi connectivity index (χ1v) is 15.2. The van der Waals surface area contributed by atoms with Crippen molar-refractivity contribution in [3.8, 4) is 0 Å². The molecule has 0 amide bonds. The molecule has 0 aromatic heterocycles. The summed E-state index contributed by atoms with van der Waals surface area (Å²) < 4.78 is 0. The fraction of sp³-hybridized carbons (Fsp3) is 1.00. The molecule has 1 aliphatic rings. The molecule has 1 rings (SSSR count). The smallest absolute Gasteiger partial charge is 0.0480 e. The summed E-state index contributed by atoms with van der Waals surface area (Å²) >= 11 is 0. The van der Waals surface area contributed by atoms with Crippen LogP contribution < -0.4 is 10.6 Å². The van der Waals surface area contributed by atoms with Crippen LogP contribution in [0.2, 0.25) is 0 Å². The van der Waals surface area contributed by atoms with Gasteiger partial charge in [0.1, 0.15) is 0 Å². The number of unbranched alkanes of at least 4 members (excludes halogenated alkanes) is 16. The van der Waals surface area contributed by atoms with Crippen LogP contribution in [0.15, 0.2) is 0 Å². The molecule has 1 heterocycles. The van der Waals surface area contributed by atoms with Gasteiger partial charge in [-0.25, -0.2) is 0 Å². The third-order valence-corrected chi connectivity index (χ3v) is 7.31. The molecule has 0 aromatic rings. The zero-order valence-corrected chi connectivity index (χ0v) is 23.0. The normalized spacial score (nSPS) is 15.0. The number of nitrogens with one attached hydrogen (secondary N) is 2. The third kappa shape index (κ3) is 20.9. The fourth-order valence-electron chi connectivity index (χ4n) is 4.93. The third-order valence-electron chi connectivity index (χ3n) is 7.31. The van der Waals surface area contributed by atoms with Crippen molar-refractivity contribution < 1.29 is 0 Å². The number of hydrogen-bond acceptors (Lipinski definition) is 4. The quantitative estimate of drug-likeness (QED) is 0.114. The fourth-order valence-corrected chi connectivity index (χ4v) is 4.93. The minimum Gasteiger partial charge on any atom is -0.314 e. The number of hydrogen-bond donors (Lipinski definition) is 2. The maximum atomic E-state index is 3.77. The summed E-state index contributed by atoms with van der Waals surface area (Å²) in [5.74, 6) is 0. The summed E-state index contributed by atoms with van der Waals surface area (Å²) in [6.07, 6.45) is 25.5. The lowest BCUT2D eigenvalue weighted by Crippen LogP contribution is -2.47. The van der Waals surface area contributed by atoms with Gasteiger partial charge in [0, 0.05) is 45.9 Å². The molecular formula is C29H62N4. The molecule has 0 bridgehead atoms. The molecule has 0 atom stereocenters. The van der Waals surface area contributed by atoms with Crippen molar-refractivity contribution >= 4 is 0 Å². The van der Waals surface area contributed by atoms with Crippen LogP contribution in [0.5, 0.6) is 0 Å². The Morgan fingerprint density at radius 1 is 0.606 bits per heavy atom. The van der Waals surface area contributed by atoms with E-state index in [0.717, 1.165) is 19.8 Å². The van der Waals surface area contributed by atoms with E-state index >= 15 is 0 Å². The first-order valence-electron chi connectivity index (χ1n) is 15.2. The molecule has 0 aliphatic carbocycles. The highest BCUT2D eigenvalue weighted by Gasteiger charge is 2.11. The van der Waals surface area contributed by atoms with Crippen molar-refractivity contribution in [3.05, 3.63) is 0 Å². The second-order valence-corrected chi connectivity index (χ2v) is 10.5. The van der Waals surface area contributed by atoms with Crippen LogP contribution in [-0.4, -0.2) is 68.8 Å².